The minimum atomic E-state index is -0.259. The summed E-state index contributed by atoms with van der Waals surface area (Å²) < 4.78 is 3.45. The fraction of sp³-hybridized carbons (Fsp3) is 0.300. The molecule has 4 nitrogen and oxygen atoms in total. The maximum atomic E-state index is 6.04. The van der Waals surface area contributed by atoms with Gasteiger partial charge in [-0.2, -0.15) is 4.68 Å². The molecule has 0 amide bonds. The standard InChI is InChI=1S/C10H9Br2ClN4/c1-5-3-7(11)9(8(12)4-5)17-10(6(2)13)14-15-16-17/h3-4,6H,1-2H3. The molecule has 2 rings (SSSR count). The van der Waals surface area contributed by atoms with E-state index in [0.717, 1.165) is 20.2 Å². The highest BCUT2D eigenvalue weighted by Crippen LogP contribution is 2.32. The van der Waals surface area contributed by atoms with Gasteiger partial charge in [-0.25, -0.2) is 0 Å². The highest BCUT2D eigenvalue weighted by Gasteiger charge is 2.17. The molecule has 0 aliphatic carbocycles. The number of aryl methyl sites for hydroxylation is 1. The summed E-state index contributed by atoms with van der Waals surface area (Å²) in [5, 5.41) is 11.3. The van der Waals surface area contributed by atoms with Crippen LogP contribution in [0.3, 0.4) is 0 Å². The normalized spacial score (nSPS) is 12.8. The van der Waals surface area contributed by atoms with Crippen molar-refractivity contribution in [3.8, 4) is 5.69 Å². The van der Waals surface area contributed by atoms with Crippen LogP contribution in [0.1, 0.15) is 23.7 Å². The topological polar surface area (TPSA) is 43.6 Å². The zero-order valence-electron chi connectivity index (χ0n) is 9.15. The molecule has 0 fully saturated rings. The number of nitrogens with zero attached hydrogens (tertiary/aromatic N) is 4. The van der Waals surface area contributed by atoms with Crippen molar-refractivity contribution in [2.75, 3.05) is 0 Å². The first-order chi connectivity index (χ1) is 8.00. The monoisotopic (exact) mass is 378 g/mol. The van der Waals surface area contributed by atoms with Crippen molar-refractivity contribution in [1.29, 1.82) is 0 Å². The molecule has 2 aromatic rings. The molecule has 0 aliphatic heterocycles. The molecule has 0 aliphatic rings. The van der Waals surface area contributed by atoms with Crippen LogP contribution < -0.4 is 0 Å². The molecule has 1 aromatic heterocycles. The molecule has 0 bridgehead atoms. The van der Waals surface area contributed by atoms with Crippen molar-refractivity contribution in [2.45, 2.75) is 19.2 Å². The third-order valence-electron chi connectivity index (χ3n) is 2.22. The smallest absolute Gasteiger partial charge is 0.174 e. The van der Waals surface area contributed by atoms with E-state index in [1.807, 2.05) is 26.0 Å². The number of halogens is 3. The molecule has 1 heterocycles. The van der Waals surface area contributed by atoms with Crippen LogP contribution in [-0.4, -0.2) is 20.2 Å². The number of rotatable bonds is 2. The van der Waals surface area contributed by atoms with Crippen LogP contribution in [0.5, 0.6) is 0 Å². The lowest BCUT2D eigenvalue weighted by Gasteiger charge is -2.10. The van der Waals surface area contributed by atoms with Crippen molar-refractivity contribution < 1.29 is 0 Å². The summed E-state index contributed by atoms with van der Waals surface area (Å²) in [7, 11) is 0. The maximum Gasteiger partial charge on any atom is 0.174 e. The Labute approximate surface area is 121 Å². The second-order valence-corrected chi connectivity index (χ2v) is 6.01. The summed E-state index contributed by atoms with van der Waals surface area (Å²) in [6, 6.07) is 4.01. The van der Waals surface area contributed by atoms with Crippen molar-refractivity contribution in [1.82, 2.24) is 20.2 Å². The van der Waals surface area contributed by atoms with Crippen LogP contribution in [0.15, 0.2) is 21.1 Å². The third kappa shape index (κ3) is 2.53. The van der Waals surface area contributed by atoms with Gasteiger partial charge in [0, 0.05) is 8.95 Å². The Morgan fingerprint density at radius 1 is 1.29 bits per heavy atom. The average Bonchev–Trinajstić information content (AvgIpc) is 2.64. The Hall–Kier alpha value is -0.460. The number of aromatic nitrogens is 4. The van der Waals surface area contributed by atoms with Crippen LogP contribution >= 0.6 is 43.5 Å². The summed E-state index contributed by atoms with van der Waals surface area (Å²) in [6.07, 6.45) is 0. The van der Waals surface area contributed by atoms with E-state index >= 15 is 0 Å². The van der Waals surface area contributed by atoms with Crippen molar-refractivity contribution >= 4 is 43.5 Å². The number of hydrogen-bond donors (Lipinski definition) is 0. The molecule has 17 heavy (non-hydrogen) atoms. The molecule has 0 N–H and O–H groups in total. The van der Waals surface area contributed by atoms with E-state index in [4.69, 9.17) is 11.6 Å². The van der Waals surface area contributed by atoms with Gasteiger partial charge in [0.05, 0.1) is 11.1 Å². The molecular weight excluding hydrogens is 371 g/mol. The molecule has 0 saturated carbocycles. The van der Waals surface area contributed by atoms with Crippen molar-refractivity contribution in [3.05, 3.63) is 32.5 Å². The number of alkyl halides is 1. The fourth-order valence-corrected chi connectivity index (χ4v) is 3.38. The summed E-state index contributed by atoms with van der Waals surface area (Å²) in [5.74, 6) is 0.608. The van der Waals surface area contributed by atoms with Crippen LogP contribution in [0.2, 0.25) is 0 Å². The average molecular weight is 380 g/mol. The highest BCUT2D eigenvalue weighted by atomic mass is 79.9. The second-order valence-electron chi connectivity index (χ2n) is 3.64. The number of benzene rings is 1. The van der Waals surface area contributed by atoms with Gasteiger partial charge in [0.2, 0.25) is 0 Å². The summed E-state index contributed by atoms with van der Waals surface area (Å²) in [4.78, 5) is 0. The predicted octanol–water partition coefficient (Wildman–Crippen LogP) is 3.80. The van der Waals surface area contributed by atoms with E-state index in [2.05, 4.69) is 47.4 Å². The summed E-state index contributed by atoms with van der Waals surface area (Å²) in [5.41, 5.74) is 1.99. The SMILES string of the molecule is Cc1cc(Br)c(-n2nnnc2C(C)Cl)c(Br)c1. The zero-order chi connectivity index (χ0) is 12.6. The molecule has 0 spiro atoms. The minimum Gasteiger partial charge on any atom is -0.194 e. The first-order valence-corrected chi connectivity index (χ1v) is 6.91. The Morgan fingerprint density at radius 2 is 1.88 bits per heavy atom. The van der Waals surface area contributed by atoms with Crippen LogP contribution in [-0.2, 0) is 0 Å². The molecule has 1 aromatic carbocycles. The third-order valence-corrected chi connectivity index (χ3v) is 3.63. The minimum absolute atomic E-state index is 0.259. The summed E-state index contributed by atoms with van der Waals surface area (Å²) in [6.45, 7) is 3.85. The van der Waals surface area contributed by atoms with E-state index in [1.165, 1.54) is 0 Å². The zero-order valence-corrected chi connectivity index (χ0v) is 13.1. The van der Waals surface area contributed by atoms with Gasteiger partial charge in [-0.1, -0.05) is 0 Å². The Kier molecular flexibility index (Phi) is 3.85. The highest BCUT2D eigenvalue weighted by molar-refractivity contribution is 9.11. The molecule has 0 saturated heterocycles. The Bertz CT molecular complexity index is 530. The molecule has 1 atom stereocenters. The maximum absolute atomic E-state index is 6.04. The van der Waals surface area contributed by atoms with Gasteiger partial charge in [-0.15, -0.1) is 16.7 Å². The van der Waals surface area contributed by atoms with Crippen LogP contribution in [0.4, 0.5) is 0 Å². The van der Waals surface area contributed by atoms with E-state index in [0.29, 0.717) is 5.82 Å². The van der Waals surface area contributed by atoms with E-state index in [-0.39, 0.29) is 5.38 Å². The van der Waals surface area contributed by atoms with Gasteiger partial charge >= 0.3 is 0 Å². The first-order valence-electron chi connectivity index (χ1n) is 4.89. The lowest BCUT2D eigenvalue weighted by Crippen LogP contribution is -2.05. The number of hydrogen-bond acceptors (Lipinski definition) is 3. The Balaban J connectivity index is 2.64. The molecule has 0 radical (unpaired) electrons. The van der Waals surface area contributed by atoms with Crippen molar-refractivity contribution in [2.24, 2.45) is 0 Å². The van der Waals surface area contributed by atoms with E-state index in [9.17, 15) is 0 Å². The number of tetrazole rings is 1. The molecule has 7 heteroatoms. The van der Waals surface area contributed by atoms with Crippen LogP contribution in [0, 0.1) is 6.92 Å². The lowest BCUT2D eigenvalue weighted by atomic mass is 10.2. The van der Waals surface area contributed by atoms with Gasteiger partial charge in [0.1, 0.15) is 0 Å². The van der Waals surface area contributed by atoms with Gasteiger partial charge in [-0.05, 0) is 73.8 Å². The molecule has 1 unspecified atom stereocenters. The lowest BCUT2D eigenvalue weighted by molar-refractivity contribution is 0.755. The van der Waals surface area contributed by atoms with E-state index < -0.39 is 0 Å². The molecular formula is C10H9Br2ClN4. The molecule has 90 valence electrons. The second kappa shape index (κ2) is 5.04. The van der Waals surface area contributed by atoms with Gasteiger partial charge in [0.25, 0.3) is 0 Å². The Morgan fingerprint density at radius 3 is 2.41 bits per heavy atom. The van der Waals surface area contributed by atoms with Crippen molar-refractivity contribution in [3.63, 3.8) is 0 Å². The largest absolute Gasteiger partial charge is 0.194 e. The van der Waals surface area contributed by atoms with Gasteiger partial charge < -0.3 is 0 Å². The van der Waals surface area contributed by atoms with E-state index in [1.54, 1.807) is 4.68 Å². The quantitative estimate of drug-likeness (QED) is 0.745. The fourth-order valence-electron chi connectivity index (χ4n) is 1.50. The summed E-state index contributed by atoms with van der Waals surface area (Å²) >= 11 is 13.1. The van der Waals surface area contributed by atoms with Gasteiger partial charge in [-0.3, -0.25) is 0 Å². The van der Waals surface area contributed by atoms with Gasteiger partial charge in [0.15, 0.2) is 5.82 Å². The van der Waals surface area contributed by atoms with Crippen LogP contribution in [0.25, 0.3) is 5.69 Å². The predicted molar refractivity (Wildman–Crippen MR) is 73.6 cm³/mol. The first kappa shape index (κ1) is 13.0.